The Labute approximate surface area is 149 Å². The third-order valence-electron chi connectivity index (χ3n) is 4.37. The van der Waals surface area contributed by atoms with Gasteiger partial charge in [0.25, 0.3) is 0 Å². The standard InChI is InChI=1S/C19H28N2O4/c22-18(7-4-14-25-17-8-11-20-12-9-17)21(15-19(23)24)13-10-16-5-2-1-3-6-16/h1-3,5-6,17,20H,4,7-15H2,(H,23,24). The largest absolute Gasteiger partial charge is 0.480 e. The normalized spacial score (nSPS) is 15.0. The fraction of sp³-hybridized carbons (Fsp3) is 0.579. The SMILES string of the molecule is O=C(O)CN(CCc1ccccc1)C(=O)CCCOC1CCNCC1. The molecule has 2 N–H and O–H groups in total. The van der Waals surface area contributed by atoms with Crippen LogP contribution in [0.15, 0.2) is 30.3 Å². The van der Waals surface area contributed by atoms with E-state index in [1.807, 2.05) is 30.3 Å². The molecule has 2 rings (SSSR count). The van der Waals surface area contributed by atoms with Gasteiger partial charge in [0, 0.05) is 19.6 Å². The summed E-state index contributed by atoms with van der Waals surface area (Å²) >= 11 is 0. The molecule has 1 fully saturated rings. The van der Waals surface area contributed by atoms with Gasteiger partial charge < -0.3 is 20.1 Å². The van der Waals surface area contributed by atoms with E-state index in [2.05, 4.69) is 5.32 Å². The number of carboxylic acid groups (broad SMARTS) is 1. The molecule has 6 nitrogen and oxygen atoms in total. The minimum absolute atomic E-state index is 0.118. The number of carbonyl (C=O) groups excluding carboxylic acids is 1. The van der Waals surface area contributed by atoms with Crippen molar-refractivity contribution in [1.29, 1.82) is 0 Å². The molecule has 0 unspecified atom stereocenters. The number of nitrogens with one attached hydrogen (secondary N) is 1. The lowest BCUT2D eigenvalue weighted by molar-refractivity contribution is -0.144. The fourth-order valence-electron chi connectivity index (χ4n) is 2.96. The van der Waals surface area contributed by atoms with Crippen LogP contribution >= 0.6 is 0 Å². The predicted molar refractivity (Wildman–Crippen MR) is 95.4 cm³/mol. The van der Waals surface area contributed by atoms with Gasteiger partial charge in [-0.15, -0.1) is 0 Å². The molecule has 1 aliphatic rings. The minimum atomic E-state index is -0.979. The average molecular weight is 348 g/mol. The van der Waals surface area contributed by atoms with E-state index in [0.717, 1.165) is 31.5 Å². The third-order valence-corrected chi connectivity index (χ3v) is 4.37. The molecule has 1 heterocycles. The summed E-state index contributed by atoms with van der Waals surface area (Å²) in [5.41, 5.74) is 1.10. The van der Waals surface area contributed by atoms with Crippen LogP contribution < -0.4 is 5.32 Å². The maximum atomic E-state index is 12.3. The summed E-state index contributed by atoms with van der Waals surface area (Å²) in [5, 5.41) is 12.3. The zero-order valence-electron chi connectivity index (χ0n) is 14.7. The first-order valence-electron chi connectivity index (χ1n) is 9.01. The van der Waals surface area contributed by atoms with Crippen molar-refractivity contribution in [2.45, 2.75) is 38.2 Å². The molecule has 1 saturated heterocycles. The average Bonchev–Trinajstić information content (AvgIpc) is 2.63. The van der Waals surface area contributed by atoms with Crippen molar-refractivity contribution in [3.05, 3.63) is 35.9 Å². The zero-order valence-corrected chi connectivity index (χ0v) is 14.7. The highest BCUT2D eigenvalue weighted by molar-refractivity contribution is 5.81. The van der Waals surface area contributed by atoms with Crippen molar-refractivity contribution in [3.63, 3.8) is 0 Å². The molecule has 1 aromatic rings. The maximum Gasteiger partial charge on any atom is 0.323 e. The Balaban J connectivity index is 1.72. The fourth-order valence-corrected chi connectivity index (χ4v) is 2.96. The van der Waals surface area contributed by atoms with Crippen LogP contribution in [0, 0.1) is 0 Å². The molecule has 6 heteroatoms. The van der Waals surface area contributed by atoms with E-state index in [0.29, 0.717) is 32.4 Å². The van der Waals surface area contributed by atoms with Crippen LogP contribution in [0.4, 0.5) is 0 Å². The zero-order chi connectivity index (χ0) is 17.9. The lowest BCUT2D eigenvalue weighted by atomic mass is 10.1. The van der Waals surface area contributed by atoms with Crippen molar-refractivity contribution in [3.8, 4) is 0 Å². The number of piperidine rings is 1. The molecule has 138 valence electrons. The number of benzene rings is 1. The first kappa shape index (κ1) is 19.4. The van der Waals surface area contributed by atoms with Crippen LogP contribution in [-0.2, 0) is 20.7 Å². The van der Waals surface area contributed by atoms with Crippen molar-refractivity contribution < 1.29 is 19.4 Å². The number of hydrogen-bond acceptors (Lipinski definition) is 4. The Morgan fingerprint density at radius 2 is 1.92 bits per heavy atom. The summed E-state index contributed by atoms with van der Waals surface area (Å²) in [4.78, 5) is 24.8. The van der Waals surface area contributed by atoms with Gasteiger partial charge in [-0.25, -0.2) is 0 Å². The van der Waals surface area contributed by atoms with Crippen molar-refractivity contribution >= 4 is 11.9 Å². The van der Waals surface area contributed by atoms with Crippen LogP contribution in [0.2, 0.25) is 0 Å². The maximum absolute atomic E-state index is 12.3. The first-order chi connectivity index (χ1) is 12.1. The Morgan fingerprint density at radius 3 is 2.60 bits per heavy atom. The van der Waals surface area contributed by atoms with Crippen molar-refractivity contribution in [1.82, 2.24) is 10.2 Å². The molecule has 0 atom stereocenters. The number of hydrogen-bond donors (Lipinski definition) is 2. The van der Waals surface area contributed by atoms with E-state index < -0.39 is 5.97 Å². The second-order valence-electron chi connectivity index (χ2n) is 6.37. The van der Waals surface area contributed by atoms with E-state index >= 15 is 0 Å². The van der Waals surface area contributed by atoms with Gasteiger partial charge in [0.2, 0.25) is 5.91 Å². The topological polar surface area (TPSA) is 78.9 Å². The summed E-state index contributed by atoms with van der Waals surface area (Å²) in [6.45, 7) is 2.69. The number of amides is 1. The molecule has 0 spiro atoms. The predicted octanol–water partition coefficient (Wildman–Crippen LogP) is 1.69. The molecule has 0 bridgehead atoms. The van der Waals surface area contributed by atoms with E-state index in [9.17, 15) is 9.59 Å². The smallest absolute Gasteiger partial charge is 0.323 e. The van der Waals surface area contributed by atoms with Crippen LogP contribution in [0.5, 0.6) is 0 Å². The number of rotatable bonds is 10. The number of carbonyl (C=O) groups is 2. The number of aliphatic carboxylic acids is 1. The summed E-state index contributed by atoms with van der Waals surface area (Å²) < 4.78 is 5.80. The molecular formula is C19H28N2O4. The highest BCUT2D eigenvalue weighted by atomic mass is 16.5. The second kappa shape index (κ2) is 10.8. The van der Waals surface area contributed by atoms with Crippen molar-refractivity contribution in [2.75, 3.05) is 32.8 Å². The van der Waals surface area contributed by atoms with Crippen LogP contribution in [0.25, 0.3) is 0 Å². The molecule has 1 aliphatic heterocycles. The van der Waals surface area contributed by atoms with Gasteiger partial charge in [-0.3, -0.25) is 9.59 Å². The second-order valence-corrected chi connectivity index (χ2v) is 6.37. The molecule has 0 saturated carbocycles. The Bertz CT molecular complexity index is 529. The Kier molecular flexibility index (Phi) is 8.42. The molecule has 0 radical (unpaired) electrons. The molecule has 1 aromatic carbocycles. The highest BCUT2D eigenvalue weighted by Crippen LogP contribution is 2.09. The summed E-state index contributed by atoms with van der Waals surface area (Å²) in [6, 6.07) is 9.78. The quantitative estimate of drug-likeness (QED) is 0.629. The molecule has 0 aliphatic carbocycles. The summed E-state index contributed by atoms with van der Waals surface area (Å²) in [7, 11) is 0. The molecule has 1 amide bonds. The van der Waals surface area contributed by atoms with Gasteiger partial charge in [-0.2, -0.15) is 0 Å². The van der Waals surface area contributed by atoms with Gasteiger partial charge in [-0.05, 0) is 44.3 Å². The summed E-state index contributed by atoms with van der Waals surface area (Å²) in [6.07, 6.45) is 3.92. The van der Waals surface area contributed by atoms with Gasteiger partial charge in [0.15, 0.2) is 0 Å². The van der Waals surface area contributed by atoms with Crippen molar-refractivity contribution in [2.24, 2.45) is 0 Å². The van der Waals surface area contributed by atoms with Crippen LogP contribution in [0.1, 0.15) is 31.2 Å². The Hall–Kier alpha value is -1.92. The monoisotopic (exact) mass is 348 g/mol. The molecular weight excluding hydrogens is 320 g/mol. The molecule has 25 heavy (non-hydrogen) atoms. The van der Waals surface area contributed by atoms with Gasteiger partial charge in [0.1, 0.15) is 6.54 Å². The third kappa shape index (κ3) is 7.67. The number of ether oxygens (including phenoxy) is 1. The lowest BCUT2D eigenvalue weighted by Gasteiger charge is -2.23. The van der Waals surface area contributed by atoms with Gasteiger partial charge in [0.05, 0.1) is 6.10 Å². The van der Waals surface area contributed by atoms with Crippen LogP contribution in [0.3, 0.4) is 0 Å². The highest BCUT2D eigenvalue weighted by Gasteiger charge is 2.17. The van der Waals surface area contributed by atoms with E-state index in [1.54, 1.807) is 0 Å². The first-order valence-corrected chi connectivity index (χ1v) is 9.01. The van der Waals surface area contributed by atoms with Gasteiger partial charge in [-0.1, -0.05) is 30.3 Å². The molecule has 0 aromatic heterocycles. The van der Waals surface area contributed by atoms with E-state index in [1.165, 1.54) is 4.90 Å². The lowest BCUT2D eigenvalue weighted by Crippen LogP contribution is -2.37. The van der Waals surface area contributed by atoms with Crippen LogP contribution in [-0.4, -0.2) is 60.8 Å². The summed E-state index contributed by atoms with van der Waals surface area (Å²) in [5.74, 6) is -1.10. The minimum Gasteiger partial charge on any atom is -0.480 e. The Morgan fingerprint density at radius 1 is 1.20 bits per heavy atom. The number of carboxylic acids is 1. The van der Waals surface area contributed by atoms with E-state index in [4.69, 9.17) is 9.84 Å². The van der Waals surface area contributed by atoms with Gasteiger partial charge >= 0.3 is 5.97 Å². The number of nitrogens with zero attached hydrogens (tertiary/aromatic N) is 1. The van der Waals surface area contributed by atoms with E-state index in [-0.39, 0.29) is 18.6 Å².